The van der Waals surface area contributed by atoms with Gasteiger partial charge in [0.1, 0.15) is 0 Å². The van der Waals surface area contributed by atoms with Crippen LogP contribution in [0.5, 0.6) is 0 Å². The van der Waals surface area contributed by atoms with E-state index in [1.807, 2.05) is 19.1 Å². The molecular weight excluding hydrogens is 204 g/mol. The Kier molecular flexibility index (Phi) is 3.37. The third-order valence-corrected chi connectivity index (χ3v) is 3.83. The lowest BCUT2D eigenvalue weighted by molar-refractivity contribution is 0.0995. The highest BCUT2D eigenvalue weighted by Gasteiger charge is 2.12. The minimum absolute atomic E-state index is 0.293. The van der Waals surface area contributed by atoms with Gasteiger partial charge in [-0.1, -0.05) is 11.6 Å². The first-order valence-corrected chi connectivity index (χ1v) is 6.35. The maximum Gasteiger partial charge on any atom is 0.176 e. The van der Waals surface area contributed by atoms with E-state index in [0.29, 0.717) is 12.2 Å². The standard InChI is InChI=1S/C13H16OS/c1-10-7-8-13(15-10)12(14)9-11-5-3-2-4-6-11/h5,7-8H,2-4,6,9H2,1H3. The van der Waals surface area contributed by atoms with E-state index in [4.69, 9.17) is 0 Å². The molecule has 1 aliphatic rings. The first-order chi connectivity index (χ1) is 7.25. The van der Waals surface area contributed by atoms with Crippen molar-refractivity contribution in [1.82, 2.24) is 0 Å². The van der Waals surface area contributed by atoms with Crippen molar-refractivity contribution in [3.8, 4) is 0 Å². The van der Waals surface area contributed by atoms with Gasteiger partial charge in [0.25, 0.3) is 0 Å². The third-order valence-electron chi connectivity index (χ3n) is 2.79. The number of thiophene rings is 1. The Morgan fingerprint density at radius 3 is 2.87 bits per heavy atom. The third kappa shape index (κ3) is 2.78. The second kappa shape index (κ2) is 4.75. The van der Waals surface area contributed by atoms with Crippen LogP contribution in [0.15, 0.2) is 23.8 Å². The van der Waals surface area contributed by atoms with Crippen LogP contribution in [0, 0.1) is 6.92 Å². The second-order valence-electron chi connectivity index (χ2n) is 4.12. The number of allylic oxidation sites excluding steroid dienone is 2. The largest absolute Gasteiger partial charge is 0.293 e. The SMILES string of the molecule is Cc1ccc(C(=O)CC2=CCCCC2)s1. The van der Waals surface area contributed by atoms with Crippen molar-refractivity contribution >= 4 is 17.1 Å². The van der Waals surface area contributed by atoms with Gasteiger partial charge in [0.2, 0.25) is 0 Å². The van der Waals surface area contributed by atoms with Gasteiger partial charge in [0.05, 0.1) is 4.88 Å². The minimum atomic E-state index is 0.293. The molecular formula is C13H16OS. The molecule has 2 heteroatoms. The van der Waals surface area contributed by atoms with Crippen LogP contribution in [0.2, 0.25) is 0 Å². The summed E-state index contributed by atoms with van der Waals surface area (Å²) in [6, 6.07) is 3.97. The molecule has 15 heavy (non-hydrogen) atoms. The highest BCUT2D eigenvalue weighted by atomic mass is 32.1. The topological polar surface area (TPSA) is 17.1 Å². The van der Waals surface area contributed by atoms with Crippen molar-refractivity contribution in [3.63, 3.8) is 0 Å². The summed E-state index contributed by atoms with van der Waals surface area (Å²) < 4.78 is 0. The van der Waals surface area contributed by atoms with Gasteiger partial charge < -0.3 is 0 Å². The average Bonchev–Trinajstić information content (AvgIpc) is 2.66. The molecule has 2 rings (SSSR count). The minimum Gasteiger partial charge on any atom is -0.293 e. The zero-order chi connectivity index (χ0) is 10.7. The molecule has 0 bridgehead atoms. The molecule has 0 unspecified atom stereocenters. The quantitative estimate of drug-likeness (QED) is 0.553. The number of rotatable bonds is 3. The molecule has 0 N–H and O–H groups in total. The number of ketones is 1. The number of hydrogen-bond donors (Lipinski definition) is 0. The number of hydrogen-bond acceptors (Lipinski definition) is 2. The van der Waals surface area contributed by atoms with Crippen LogP contribution in [0.3, 0.4) is 0 Å². The predicted molar refractivity (Wildman–Crippen MR) is 64.6 cm³/mol. The van der Waals surface area contributed by atoms with Gasteiger partial charge in [-0.25, -0.2) is 0 Å². The molecule has 0 aromatic carbocycles. The van der Waals surface area contributed by atoms with Crippen molar-refractivity contribution in [2.24, 2.45) is 0 Å². The number of carbonyl (C=O) groups is 1. The summed E-state index contributed by atoms with van der Waals surface area (Å²) >= 11 is 1.61. The molecule has 0 saturated carbocycles. The van der Waals surface area contributed by atoms with E-state index in [1.54, 1.807) is 11.3 Å². The maximum atomic E-state index is 11.9. The first kappa shape index (κ1) is 10.6. The van der Waals surface area contributed by atoms with Crippen molar-refractivity contribution in [2.45, 2.75) is 39.0 Å². The van der Waals surface area contributed by atoms with Gasteiger partial charge in [0, 0.05) is 11.3 Å². The Morgan fingerprint density at radius 1 is 1.40 bits per heavy atom. The molecule has 0 spiro atoms. The van der Waals surface area contributed by atoms with Crippen molar-refractivity contribution in [1.29, 1.82) is 0 Å². The first-order valence-electron chi connectivity index (χ1n) is 5.53. The van der Waals surface area contributed by atoms with Crippen molar-refractivity contribution in [2.75, 3.05) is 0 Å². The summed E-state index contributed by atoms with van der Waals surface area (Å²) in [7, 11) is 0. The van der Waals surface area contributed by atoms with E-state index in [-0.39, 0.29) is 0 Å². The molecule has 0 radical (unpaired) electrons. The summed E-state index contributed by atoms with van der Waals surface area (Å²) in [5.41, 5.74) is 1.34. The van der Waals surface area contributed by atoms with E-state index >= 15 is 0 Å². The highest BCUT2D eigenvalue weighted by Crippen LogP contribution is 2.24. The fourth-order valence-electron chi connectivity index (χ4n) is 1.94. The maximum absolute atomic E-state index is 11.9. The lowest BCUT2D eigenvalue weighted by Crippen LogP contribution is -2.01. The van der Waals surface area contributed by atoms with Crippen molar-refractivity contribution in [3.05, 3.63) is 33.5 Å². The fraction of sp³-hybridized carbons (Fsp3) is 0.462. The Balaban J connectivity index is 2.00. The lowest BCUT2D eigenvalue weighted by atomic mass is 9.95. The van der Waals surface area contributed by atoms with E-state index in [9.17, 15) is 4.79 Å². The van der Waals surface area contributed by atoms with Gasteiger partial charge in [-0.05, 0) is 44.7 Å². The smallest absolute Gasteiger partial charge is 0.176 e. The summed E-state index contributed by atoms with van der Waals surface area (Å²) in [5, 5.41) is 0. The Morgan fingerprint density at radius 2 is 2.27 bits per heavy atom. The van der Waals surface area contributed by atoms with Crippen LogP contribution in [0.4, 0.5) is 0 Å². The zero-order valence-corrected chi connectivity index (χ0v) is 9.90. The van der Waals surface area contributed by atoms with Crippen LogP contribution in [0.1, 0.15) is 46.7 Å². The van der Waals surface area contributed by atoms with Gasteiger partial charge in [0.15, 0.2) is 5.78 Å². The molecule has 1 nitrogen and oxygen atoms in total. The van der Waals surface area contributed by atoms with Gasteiger partial charge in [-0.2, -0.15) is 0 Å². The Labute approximate surface area is 94.8 Å². The van der Waals surface area contributed by atoms with E-state index in [0.717, 1.165) is 17.7 Å². The monoisotopic (exact) mass is 220 g/mol. The molecule has 0 fully saturated rings. The summed E-state index contributed by atoms with van der Waals surface area (Å²) in [6.45, 7) is 2.04. The normalized spacial score (nSPS) is 16.2. The molecule has 1 aliphatic carbocycles. The molecule has 80 valence electrons. The van der Waals surface area contributed by atoms with E-state index < -0.39 is 0 Å². The molecule has 1 heterocycles. The summed E-state index contributed by atoms with van der Waals surface area (Å²) in [5.74, 6) is 0.293. The predicted octanol–water partition coefficient (Wildman–Crippen LogP) is 4.13. The van der Waals surface area contributed by atoms with Gasteiger partial charge in [-0.15, -0.1) is 11.3 Å². The van der Waals surface area contributed by atoms with Crippen LogP contribution in [-0.4, -0.2) is 5.78 Å². The molecule has 0 saturated heterocycles. The molecule has 1 aromatic rings. The number of carbonyl (C=O) groups excluding carboxylic acids is 1. The van der Waals surface area contributed by atoms with Gasteiger partial charge >= 0.3 is 0 Å². The fourth-order valence-corrected chi connectivity index (χ4v) is 2.75. The highest BCUT2D eigenvalue weighted by molar-refractivity contribution is 7.14. The summed E-state index contributed by atoms with van der Waals surface area (Å²) in [6.07, 6.45) is 7.71. The second-order valence-corrected chi connectivity index (χ2v) is 5.41. The van der Waals surface area contributed by atoms with E-state index in [1.165, 1.54) is 23.3 Å². The molecule has 0 aliphatic heterocycles. The zero-order valence-electron chi connectivity index (χ0n) is 9.08. The van der Waals surface area contributed by atoms with Crippen LogP contribution in [0.25, 0.3) is 0 Å². The Hall–Kier alpha value is -0.890. The molecule has 0 atom stereocenters. The van der Waals surface area contributed by atoms with Crippen LogP contribution < -0.4 is 0 Å². The lowest BCUT2D eigenvalue weighted by Gasteiger charge is -2.10. The molecule has 1 aromatic heterocycles. The van der Waals surface area contributed by atoms with Crippen molar-refractivity contribution < 1.29 is 4.79 Å². The van der Waals surface area contributed by atoms with Crippen LogP contribution >= 0.6 is 11.3 Å². The Bertz CT molecular complexity index is 387. The molecule has 0 amide bonds. The number of aryl methyl sites for hydroxylation is 1. The van der Waals surface area contributed by atoms with Gasteiger partial charge in [-0.3, -0.25) is 4.79 Å². The summed E-state index contributed by atoms with van der Waals surface area (Å²) in [4.78, 5) is 14.0. The van der Waals surface area contributed by atoms with Crippen LogP contribution in [-0.2, 0) is 0 Å². The average molecular weight is 220 g/mol. The van der Waals surface area contributed by atoms with E-state index in [2.05, 4.69) is 6.08 Å². The number of Topliss-reactive ketones (excluding diaryl/α,β-unsaturated/α-hetero) is 1.